The largest absolute Gasteiger partial charge is 0.348 e. The van der Waals surface area contributed by atoms with E-state index >= 15 is 0 Å². The number of rotatable bonds is 6. The number of hydrogen-bond donors (Lipinski definition) is 1. The maximum atomic E-state index is 12.8. The van der Waals surface area contributed by atoms with E-state index in [2.05, 4.69) is 68.8 Å². The van der Waals surface area contributed by atoms with E-state index in [0.717, 1.165) is 30.6 Å². The van der Waals surface area contributed by atoms with Gasteiger partial charge in [-0.25, -0.2) is 0 Å². The van der Waals surface area contributed by atoms with Crippen LogP contribution < -0.4 is 5.32 Å². The third-order valence-corrected chi connectivity index (χ3v) is 4.94. The van der Waals surface area contributed by atoms with Crippen molar-refractivity contribution in [3.05, 3.63) is 57.9 Å². The van der Waals surface area contributed by atoms with Gasteiger partial charge in [0.2, 0.25) is 0 Å². The first-order valence-corrected chi connectivity index (χ1v) is 8.93. The van der Waals surface area contributed by atoms with Crippen molar-refractivity contribution in [3.8, 4) is 0 Å². The molecular formula is C21H30N2O. The molecule has 1 heterocycles. The molecule has 3 heteroatoms. The van der Waals surface area contributed by atoms with Crippen LogP contribution in [0.2, 0.25) is 0 Å². The first kappa shape index (κ1) is 18.3. The number of amides is 1. The van der Waals surface area contributed by atoms with E-state index in [9.17, 15) is 4.79 Å². The molecule has 0 saturated heterocycles. The van der Waals surface area contributed by atoms with Gasteiger partial charge in [0.05, 0.1) is 0 Å². The Balaban J connectivity index is 2.44. The van der Waals surface area contributed by atoms with Crippen LogP contribution in [0.25, 0.3) is 0 Å². The SMILES string of the molecule is CCc1c(C)c(C(=O)NC(C)CC)n(Cc2ccc(C)cc2)c1C. The Morgan fingerprint density at radius 3 is 2.29 bits per heavy atom. The highest BCUT2D eigenvalue weighted by Crippen LogP contribution is 2.24. The van der Waals surface area contributed by atoms with Crippen molar-refractivity contribution in [1.82, 2.24) is 9.88 Å². The fourth-order valence-corrected chi connectivity index (χ4v) is 3.23. The summed E-state index contributed by atoms with van der Waals surface area (Å²) in [6, 6.07) is 8.73. The first-order valence-electron chi connectivity index (χ1n) is 8.93. The van der Waals surface area contributed by atoms with Crippen LogP contribution in [-0.2, 0) is 13.0 Å². The molecule has 0 saturated carbocycles. The van der Waals surface area contributed by atoms with Crippen LogP contribution in [0.3, 0.4) is 0 Å². The minimum Gasteiger partial charge on any atom is -0.348 e. The molecule has 0 aliphatic rings. The molecule has 1 aromatic heterocycles. The molecule has 0 aliphatic heterocycles. The number of aryl methyl sites for hydroxylation is 1. The molecule has 3 nitrogen and oxygen atoms in total. The average Bonchev–Trinajstić information content (AvgIpc) is 2.79. The maximum Gasteiger partial charge on any atom is 0.268 e. The Bertz CT molecular complexity index is 710. The van der Waals surface area contributed by atoms with Gasteiger partial charge in [0.1, 0.15) is 5.69 Å². The topological polar surface area (TPSA) is 34.0 Å². The quantitative estimate of drug-likeness (QED) is 0.830. The van der Waals surface area contributed by atoms with Gasteiger partial charge in [-0.15, -0.1) is 0 Å². The molecule has 1 atom stereocenters. The summed E-state index contributed by atoms with van der Waals surface area (Å²) in [6.07, 6.45) is 1.88. The van der Waals surface area contributed by atoms with Crippen molar-refractivity contribution >= 4 is 5.91 Å². The summed E-state index contributed by atoms with van der Waals surface area (Å²) in [7, 11) is 0. The van der Waals surface area contributed by atoms with Crippen molar-refractivity contribution in [3.63, 3.8) is 0 Å². The van der Waals surface area contributed by atoms with Crippen LogP contribution >= 0.6 is 0 Å². The minimum atomic E-state index is 0.0387. The van der Waals surface area contributed by atoms with Gasteiger partial charge in [-0.2, -0.15) is 0 Å². The standard InChI is InChI=1S/C21H30N2O/c1-7-15(4)22-21(24)20-16(5)19(8-2)17(6)23(20)13-18-11-9-14(3)10-12-18/h9-12,15H,7-8,13H2,1-6H3,(H,22,24). The van der Waals surface area contributed by atoms with Crippen LogP contribution in [0.5, 0.6) is 0 Å². The van der Waals surface area contributed by atoms with Crippen molar-refractivity contribution in [2.75, 3.05) is 0 Å². The zero-order valence-corrected chi connectivity index (χ0v) is 15.9. The third-order valence-electron chi connectivity index (χ3n) is 4.94. The van der Waals surface area contributed by atoms with E-state index in [0.29, 0.717) is 0 Å². The number of hydrogen-bond acceptors (Lipinski definition) is 1. The highest BCUT2D eigenvalue weighted by molar-refractivity contribution is 5.95. The van der Waals surface area contributed by atoms with E-state index in [1.54, 1.807) is 0 Å². The number of aromatic nitrogens is 1. The van der Waals surface area contributed by atoms with Gasteiger partial charge in [0.25, 0.3) is 5.91 Å². The molecule has 0 fully saturated rings. The molecule has 0 aliphatic carbocycles. The summed E-state index contributed by atoms with van der Waals surface area (Å²) < 4.78 is 2.18. The number of carbonyl (C=O) groups is 1. The predicted molar refractivity (Wildman–Crippen MR) is 101 cm³/mol. The lowest BCUT2D eigenvalue weighted by molar-refractivity contribution is 0.0929. The predicted octanol–water partition coefficient (Wildman–Crippen LogP) is 4.55. The summed E-state index contributed by atoms with van der Waals surface area (Å²) in [6.45, 7) is 13.3. The van der Waals surface area contributed by atoms with Gasteiger partial charge in [0.15, 0.2) is 0 Å². The summed E-state index contributed by atoms with van der Waals surface area (Å²) in [4.78, 5) is 12.8. The molecule has 0 spiro atoms. The zero-order valence-electron chi connectivity index (χ0n) is 15.9. The summed E-state index contributed by atoms with van der Waals surface area (Å²) in [5, 5.41) is 3.13. The Labute approximate surface area is 146 Å². The lowest BCUT2D eigenvalue weighted by Crippen LogP contribution is -2.34. The fourth-order valence-electron chi connectivity index (χ4n) is 3.23. The molecule has 1 N–H and O–H groups in total. The summed E-state index contributed by atoms with van der Waals surface area (Å²) in [5.74, 6) is 0.0387. The Morgan fingerprint density at radius 2 is 1.75 bits per heavy atom. The molecule has 1 unspecified atom stereocenters. The van der Waals surface area contributed by atoms with E-state index in [-0.39, 0.29) is 11.9 Å². The molecule has 0 radical (unpaired) electrons. The van der Waals surface area contributed by atoms with Gasteiger partial charge in [-0.1, -0.05) is 43.7 Å². The summed E-state index contributed by atoms with van der Waals surface area (Å²) >= 11 is 0. The molecule has 2 aromatic rings. The Hall–Kier alpha value is -2.03. The molecule has 0 bridgehead atoms. The van der Waals surface area contributed by atoms with Crippen molar-refractivity contribution < 1.29 is 4.79 Å². The second kappa shape index (κ2) is 7.69. The third kappa shape index (κ3) is 3.72. The first-order chi connectivity index (χ1) is 11.4. The fraction of sp³-hybridized carbons (Fsp3) is 0.476. The summed E-state index contributed by atoms with van der Waals surface area (Å²) in [5.41, 5.74) is 6.89. The second-order valence-corrected chi connectivity index (χ2v) is 6.75. The van der Waals surface area contributed by atoms with Crippen LogP contribution in [0, 0.1) is 20.8 Å². The van der Waals surface area contributed by atoms with E-state index in [1.807, 2.05) is 6.92 Å². The lowest BCUT2D eigenvalue weighted by Gasteiger charge is -2.16. The lowest BCUT2D eigenvalue weighted by atomic mass is 10.1. The number of carbonyl (C=O) groups excluding carboxylic acids is 1. The minimum absolute atomic E-state index is 0.0387. The highest BCUT2D eigenvalue weighted by atomic mass is 16.2. The van der Waals surface area contributed by atoms with Gasteiger partial charge in [0, 0.05) is 18.3 Å². The molecule has 1 aromatic carbocycles. The normalized spacial score (nSPS) is 12.2. The van der Waals surface area contributed by atoms with E-state index in [1.165, 1.54) is 22.4 Å². The monoisotopic (exact) mass is 326 g/mol. The smallest absolute Gasteiger partial charge is 0.268 e. The highest BCUT2D eigenvalue weighted by Gasteiger charge is 2.22. The van der Waals surface area contributed by atoms with E-state index < -0.39 is 0 Å². The van der Waals surface area contributed by atoms with Crippen LogP contribution in [0.4, 0.5) is 0 Å². The van der Waals surface area contributed by atoms with Crippen LogP contribution in [0.1, 0.15) is 65.6 Å². The maximum absolute atomic E-state index is 12.8. The van der Waals surface area contributed by atoms with Crippen molar-refractivity contribution in [1.29, 1.82) is 0 Å². The van der Waals surface area contributed by atoms with Gasteiger partial charge in [-0.05, 0) is 57.2 Å². The molecule has 2 rings (SSSR count). The molecule has 130 valence electrons. The van der Waals surface area contributed by atoms with Crippen LogP contribution in [-0.4, -0.2) is 16.5 Å². The van der Waals surface area contributed by atoms with Crippen molar-refractivity contribution in [2.45, 2.75) is 67.0 Å². The molecule has 24 heavy (non-hydrogen) atoms. The van der Waals surface area contributed by atoms with E-state index in [4.69, 9.17) is 0 Å². The van der Waals surface area contributed by atoms with Crippen LogP contribution in [0.15, 0.2) is 24.3 Å². The zero-order chi connectivity index (χ0) is 17.9. The van der Waals surface area contributed by atoms with Gasteiger partial charge >= 0.3 is 0 Å². The second-order valence-electron chi connectivity index (χ2n) is 6.75. The van der Waals surface area contributed by atoms with Gasteiger partial charge < -0.3 is 9.88 Å². The number of benzene rings is 1. The molecule has 1 amide bonds. The molecular weight excluding hydrogens is 296 g/mol. The Morgan fingerprint density at radius 1 is 1.12 bits per heavy atom. The number of nitrogens with zero attached hydrogens (tertiary/aromatic N) is 1. The number of nitrogens with one attached hydrogen (secondary N) is 1. The van der Waals surface area contributed by atoms with Gasteiger partial charge in [-0.3, -0.25) is 4.79 Å². The van der Waals surface area contributed by atoms with Crippen molar-refractivity contribution in [2.24, 2.45) is 0 Å². The average molecular weight is 326 g/mol. The Kier molecular flexibility index (Phi) is 5.87.